The number of hydrogen-bond acceptors (Lipinski definition) is 1. The van der Waals surface area contributed by atoms with Gasteiger partial charge in [0.2, 0.25) is 0 Å². The maximum absolute atomic E-state index is 8.63. The molecule has 1 rings (SSSR count). The second-order valence-electron chi connectivity index (χ2n) is 3.30. The van der Waals surface area contributed by atoms with E-state index in [4.69, 9.17) is 5.11 Å². The van der Waals surface area contributed by atoms with E-state index in [9.17, 15) is 0 Å². The summed E-state index contributed by atoms with van der Waals surface area (Å²) in [6, 6.07) is 10.9. The number of benzene rings is 1. The maximum atomic E-state index is 8.63. The van der Waals surface area contributed by atoms with E-state index in [0.29, 0.717) is 6.04 Å². The molecule has 0 saturated heterocycles. The standard InChI is InChI=1S/C11H17NO/c1-10(12-8-5-9-13)11-6-3-2-4-7-11/h2-4,6-7,10,12-13H,5,8-9H2,1H3/p+1/t10-/m1/s1. The smallest absolute Gasteiger partial charge is 0.109 e. The van der Waals surface area contributed by atoms with E-state index in [0.717, 1.165) is 13.0 Å². The normalized spacial score (nSPS) is 12.8. The Balaban J connectivity index is 2.35. The molecule has 0 saturated carbocycles. The molecule has 0 spiro atoms. The largest absolute Gasteiger partial charge is 0.396 e. The van der Waals surface area contributed by atoms with E-state index in [1.54, 1.807) is 0 Å². The molecule has 0 unspecified atom stereocenters. The minimum atomic E-state index is 0.290. The number of aliphatic hydroxyl groups is 1. The molecule has 0 aromatic heterocycles. The first-order valence-electron chi connectivity index (χ1n) is 4.83. The summed E-state index contributed by atoms with van der Waals surface area (Å²) >= 11 is 0. The third-order valence-electron chi connectivity index (χ3n) is 2.21. The van der Waals surface area contributed by atoms with Crippen LogP contribution in [0, 0.1) is 0 Å². The van der Waals surface area contributed by atoms with Crippen molar-refractivity contribution in [2.45, 2.75) is 19.4 Å². The van der Waals surface area contributed by atoms with E-state index < -0.39 is 0 Å². The van der Waals surface area contributed by atoms with Gasteiger partial charge in [-0.05, 0) is 6.92 Å². The zero-order chi connectivity index (χ0) is 9.52. The predicted molar refractivity (Wildman–Crippen MR) is 53.4 cm³/mol. The minimum absolute atomic E-state index is 0.290. The molecule has 1 atom stereocenters. The quantitative estimate of drug-likeness (QED) is 0.643. The second-order valence-corrected chi connectivity index (χ2v) is 3.30. The third-order valence-corrected chi connectivity index (χ3v) is 2.21. The molecular weight excluding hydrogens is 162 g/mol. The summed E-state index contributed by atoms with van der Waals surface area (Å²) < 4.78 is 0. The van der Waals surface area contributed by atoms with Crippen LogP contribution in [0.1, 0.15) is 24.9 Å². The topological polar surface area (TPSA) is 36.8 Å². The van der Waals surface area contributed by atoms with E-state index in [2.05, 4.69) is 36.5 Å². The van der Waals surface area contributed by atoms with Gasteiger partial charge in [0, 0.05) is 18.6 Å². The van der Waals surface area contributed by atoms with Crippen molar-refractivity contribution in [3.05, 3.63) is 35.9 Å². The molecule has 3 N–H and O–H groups in total. The summed E-state index contributed by atoms with van der Waals surface area (Å²) in [5, 5.41) is 10.9. The summed E-state index contributed by atoms with van der Waals surface area (Å²) in [5.74, 6) is 0. The Hall–Kier alpha value is -0.860. The lowest BCUT2D eigenvalue weighted by atomic mass is 10.1. The molecule has 1 aromatic rings. The number of aliphatic hydroxyl groups excluding tert-OH is 1. The van der Waals surface area contributed by atoms with Crippen LogP contribution < -0.4 is 5.32 Å². The lowest BCUT2D eigenvalue weighted by Gasteiger charge is -2.09. The molecule has 2 nitrogen and oxygen atoms in total. The lowest BCUT2D eigenvalue weighted by Crippen LogP contribution is -2.84. The summed E-state index contributed by atoms with van der Waals surface area (Å²) in [4.78, 5) is 0. The van der Waals surface area contributed by atoms with E-state index in [1.807, 2.05) is 6.07 Å². The van der Waals surface area contributed by atoms with Gasteiger partial charge >= 0.3 is 0 Å². The summed E-state index contributed by atoms with van der Waals surface area (Å²) in [6.07, 6.45) is 0.872. The zero-order valence-corrected chi connectivity index (χ0v) is 8.11. The van der Waals surface area contributed by atoms with Gasteiger partial charge in [-0.2, -0.15) is 0 Å². The van der Waals surface area contributed by atoms with Gasteiger partial charge < -0.3 is 10.4 Å². The Morgan fingerprint density at radius 3 is 2.62 bits per heavy atom. The molecule has 0 radical (unpaired) electrons. The van der Waals surface area contributed by atoms with Crippen LogP contribution in [0.25, 0.3) is 0 Å². The van der Waals surface area contributed by atoms with Crippen molar-refractivity contribution >= 4 is 0 Å². The monoisotopic (exact) mass is 180 g/mol. The van der Waals surface area contributed by atoms with Crippen molar-refractivity contribution < 1.29 is 10.4 Å². The Bertz CT molecular complexity index is 223. The molecule has 72 valence electrons. The number of rotatable bonds is 5. The van der Waals surface area contributed by atoms with Gasteiger partial charge in [0.1, 0.15) is 6.04 Å². The van der Waals surface area contributed by atoms with Crippen LogP contribution in [-0.4, -0.2) is 18.3 Å². The van der Waals surface area contributed by atoms with Crippen molar-refractivity contribution in [2.75, 3.05) is 13.2 Å². The van der Waals surface area contributed by atoms with Crippen LogP contribution in [0.15, 0.2) is 30.3 Å². The van der Waals surface area contributed by atoms with Crippen LogP contribution >= 0.6 is 0 Å². The van der Waals surface area contributed by atoms with Crippen molar-refractivity contribution in [2.24, 2.45) is 0 Å². The molecule has 13 heavy (non-hydrogen) atoms. The molecule has 0 bridgehead atoms. The van der Waals surface area contributed by atoms with Crippen LogP contribution in [0.5, 0.6) is 0 Å². The number of nitrogens with two attached hydrogens (primary N) is 1. The van der Waals surface area contributed by atoms with Gasteiger partial charge in [-0.15, -0.1) is 0 Å². The minimum Gasteiger partial charge on any atom is -0.396 e. The highest BCUT2D eigenvalue weighted by molar-refractivity contribution is 5.16. The van der Waals surface area contributed by atoms with Crippen LogP contribution in [-0.2, 0) is 0 Å². The highest BCUT2D eigenvalue weighted by Gasteiger charge is 2.05. The molecule has 0 aliphatic carbocycles. The van der Waals surface area contributed by atoms with E-state index in [-0.39, 0.29) is 6.61 Å². The third kappa shape index (κ3) is 3.57. The van der Waals surface area contributed by atoms with Crippen molar-refractivity contribution in [1.82, 2.24) is 0 Å². The summed E-state index contributed by atoms with van der Waals surface area (Å²) in [7, 11) is 0. The van der Waals surface area contributed by atoms with E-state index >= 15 is 0 Å². The van der Waals surface area contributed by atoms with Gasteiger partial charge in [-0.1, -0.05) is 30.3 Å². The fourth-order valence-electron chi connectivity index (χ4n) is 1.35. The summed E-state index contributed by atoms with van der Waals surface area (Å²) in [6.45, 7) is 3.47. The molecule has 0 amide bonds. The second kappa shape index (κ2) is 5.73. The van der Waals surface area contributed by atoms with Gasteiger partial charge in [-0.3, -0.25) is 0 Å². The molecular formula is C11H18NO+. The SMILES string of the molecule is C[C@@H]([NH2+]CCCO)c1ccccc1. The molecule has 0 aliphatic rings. The Morgan fingerprint density at radius 1 is 1.31 bits per heavy atom. The van der Waals surface area contributed by atoms with Gasteiger partial charge in [0.05, 0.1) is 6.54 Å². The van der Waals surface area contributed by atoms with Crippen LogP contribution in [0.3, 0.4) is 0 Å². The Kier molecular flexibility index (Phi) is 4.50. The molecule has 2 heteroatoms. The van der Waals surface area contributed by atoms with Gasteiger partial charge in [-0.25, -0.2) is 0 Å². The highest BCUT2D eigenvalue weighted by Crippen LogP contribution is 2.05. The first-order chi connectivity index (χ1) is 6.34. The fourth-order valence-corrected chi connectivity index (χ4v) is 1.35. The first-order valence-corrected chi connectivity index (χ1v) is 4.83. The van der Waals surface area contributed by atoms with Gasteiger partial charge in [0.25, 0.3) is 0 Å². The Morgan fingerprint density at radius 2 is 2.00 bits per heavy atom. The lowest BCUT2D eigenvalue weighted by molar-refractivity contribution is -0.693. The molecule has 0 heterocycles. The first kappa shape index (κ1) is 10.2. The van der Waals surface area contributed by atoms with Crippen molar-refractivity contribution in [3.63, 3.8) is 0 Å². The van der Waals surface area contributed by atoms with Crippen LogP contribution in [0.4, 0.5) is 0 Å². The zero-order valence-electron chi connectivity index (χ0n) is 8.11. The average molecular weight is 180 g/mol. The van der Waals surface area contributed by atoms with E-state index in [1.165, 1.54) is 5.56 Å². The number of quaternary nitrogens is 1. The van der Waals surface area contributed by atoms with Crippen molar-refractivity contribution in [3.8, 4) is 0 Å². The molecule has 0 aliphatic heterocycles. The number of hydrogen-bond donors (Lipinski definition) is 2. The maximum Gasteiger partial charge on any atom is 0.109 e. The predicted octanol–water partition coefficient (Wildman–Crippen LogP) is 0.693. The molecule has 1 aromatic carbocycles. The Labute approximate surface area is 79.6 Å². The van der Waals surface area contributed by atoms with Crippen molar-refractivity contribution in [1.29, 1.82) is 0 Å². The molecule has 0 fully saturated rings. The van der Waals surface area contributed by atoms with Crippen LogP contribution in [0.2, 0.25) is 0 Å². The fraction of sp³-hybridized carbons (Fsp3) is 0.455. The van der Waals surface area contributed by atoms with Gasteiger partial charge in [0.15, 0.2) is 0 Å². The summed E-state index contributed by atoms with van der Waals surface area (Å²) in [5.41, 5.74) is 1.35. The average Bonchev–Trinajstić information content (AvgIpc) is 2.19. The highest BCUT2D eigenvalue weighted by atomic mass is 16.3.